The van der Waals surface area contributed by atoms with Crippen LogP contribution in [0.25, 0.3) is 0 Å². The van der Waals surface area contributed by atoms with Gasteiger partial charge in [0, 0.05) is 47.7 Å². The number of hydrogen-bond donors (Lipinski definition) is 1. The Morgan fingerprint density at radius 3 is 2.52 bits per heavy atom. The molecule has 0 bridgehead atoms. The van der Waals surface area contributed by atoms with Crippen molar-refractivity contribution in [1.29, 1.82) is 0 Å². The van der Waals surface area contributed by atoms with Gasteiger partial charge in [-0.25, -0.2) is 4.98 Å². The molecule has 1 N–H and O–H groups in total. The molecule has 1 aromatic heterocycles. The van der Waals surface area contributed by atoms with Crippen molar-refractivity contribution < 1.29 is 14.3 Å². The lowest BCUT2D eigenvalue weighted by Crippen LogP contribution is -2.36. The number of rotatable bonds is 5. The largest absolute Gasteiger partial charge is 0.474 e. The SMILES string of the molecule is O=C(Nc1ccc(N2CCOCC2)cc1)[C@H]1CC[C@@H](Oc2cc(Cl)ccn2)CC1. The average molecular weight is 416 g/mol. The van der Waals surface area contributed by atoms with Crippen molar-refractivity contribution in [2.75, 3.05) is 36.5 Å². The summed E-state index contributed by atoms with van der Waals surface area (Å²) in [6, 6.07) is 11.5. The number of amides is 1. The first kappa shape index (κ1) is 20.0. The van der Waals surface area contributed by atoms with Crippen LogP contribution in [0, 0.1) is 5.92 Å². The summed E-state index contributed by atoms with van der Waals surface area (Å²) in [5.74, 6) is 0.648. The molecule has 154 valence electrons. The van der Waals surface area contributed by atoms with Crippen molar-refractivity contribution in [3.8, 4) is 5.88 Å². The molecule has 0 spiro atoms. The van der Waals surface area contributed by atoms with Gasteiger partial charge in [-0.05, 0) is 56.0 Å². The van der Waals surface area contributed by atoms with Gasteiger partial charge in [0.1, 0.15) is 6.10 Å². The molecular weight excluding hydrogens is 390 g/mol. The molecule has 29 heavy (non-hydrogen) atoms. The zero-order valence-electron chi connectivity index (χ0n) is 16.4. The first-order valence-electron chi connectivity index (χ1n) is 10.2. The summed E-state index contributed by atoms with van der Waals surface area (Å²) in [6.45, 7) is 3.33. The number of benzene rings is 1. The van der Waals surface area contributed by atoms with E-state index in [1.807, 2.05) is 12.1 Å². The predicted octanol–water partition coefficient (Wildman–Crippen LogP) is 4.15. The van der Waals surface area contributed by atoms with E-state index in [0.29, 0.717) is 10.9 Å². The Hall–Kier alpha value is -2.31. The second kappa shape index (κ2) is 9.46. The number of carbonyl (C=O) groups excluding carboxylic acids is 1. The maximum atomic E-state index is 12.7. The number of aromatic nitrogens is 1. The van der Waals surface area contributed by atoms with E-state index in [-0.39, 0.29) is 17.9 Å². The standard InChI is InChI=1S/C22H26ClN3O3/c23-17-9-10-24-21(15-17)29-20-7-1-16(2-8-20)22(27)25-18-3-5-19(6-4-18)26-11-13-28-14-12-26/h3-6,9-10,15-16,20H,1-2,7-8,11-14H2,(H,25,27)/t16-,20+. The van der Waals surface area contributed by atoms with Crippen LogP contribution in [0.3, 0.4) is 0 Å². The number of pyridine rings is 1. The van der Waals surface area contributed by atoms with E-state index in [9.17, 15) is 4.79 Å². The van der Waals surface area contributed by atoms with Crippen LogP contribution in [0.4, 0.5) is 11.4 Å². The zero-order chi connectivity index (χ0) is 20.1. The molecule has 1 saturated heterocycles. The zero-order valence-corrected chi connectivity index (χ0v) is 17.1. The van der Waals surface area contributed by atoms with Crippen LogP contribution in [0.5, 0.6) is 5.88 Å². The molecule has 2 fully saturated rings. The molecular formula is C22H26ClN3O3. The van der Waals surface area contributed by atoms with Gasteiger partial charge >= 0.3 is 0 Å². The van der Waals surface area contributed by atoms with Gasteiger partial charge < -0.3 is 19.7 Å². The van der Waals surface area contributed by atoms with Crippen molar-refractivity contribution >= 4 is 28.9 Å². The molecule has 1 aliphatic carbocycles. The first-order chi connectivity index (χ1) is 14.2. The minimum Gasteiger partial charge on any atom is -0.474 e. The van der Waals surface area contributed by atoms with E-state index in [4.69, 9.17) is 21.1 Å². The smallest absolute Gasteiger partial charge is 0.227 e. The number of anilines is 2. The predicted molar refractivity (Wildman–Crippen MR) is 114 cm³/mol. The lowest BCUT2D eigenvalue weighted by Gasteiger charge is -2.29. The molecule has 0 radical (unpaired) electrons. The van der Waals surface area contributed by atoms with Crippen molar-refractivity contribution in [2.45, 2.75) is 31.8 Å². The maximum absolute atomic E-state index is 12.7. The molecule has 1 aromatic carbocycles. The third kappa shape index (κ3) is 5.40. The molecule has 2 heterocycles. The second-order valence-electron chi connectivity index (χ2n) is 7.54. The fourth-order valence-corrected chi connectivity index (χ4v) is 4.03. The molecule has 0 unspecified atom stereocenters. The van der Waals surface area contributed by atoms with Gasteiger partial charge in [0.15, 0.2) is 0 Å². The maximum Gasteiger partial charge on any atom is 0.227 e. The van der Waals surface area contributed by atoms with E-state index in [1.165, 1.54) is 5.69 Å². The quantitative estimate of drug-likeness (QED) is 0.794. The number of nitrogens with one attached hydrogen (secondary N) is 1. The van der Waals surface area contributed by atoms with E-state index < -0.39 is 0 Å². The third-order valence-corrected chi connectivity index (χ3v) is 5.78. The van der Waals surface area contributed by atoms with Crippen LogP contribution >= 0.6 is 11.6 Å². The van der Waals surface area contributed by atoms with Crippen LogP contribution in [0.1, 0.15) is 25.7 Å². The Morgan fingerprint density at radius 2 is 1.83 bits per heavy atom. The first-order valence-corrected chi connectivity index (χ1v) is 10.6. The molecule has 2 aliphatic rings. The molecule has 1 amide bonds. The fraction of sp³-hybridized carbons (Fsp3) is 0.455. The van der Waals surface area contributed by atoms with Crippen LogP contribution < -0.4 is 15.0 Å². The van der Waals surface area contributed by atoms with Gasteiger partial charge in [-0.2, -0.15) is 0 Å². The van der Waals surface area contributed by atoms with Crippen molar-refractivity contribution in [1.82, 2.24) is 4.98 Å². The fourth-order valence-electron chi connectivity index (χ4n) is 3.88. The average Bonchev–Trinajstić information content (AvgIpc) is 2.75. The molecule has 4 rings (SSSR count). The Labute approximate surface area is 176 Å². The Morgan fingerprint density at radius 1 is 1.10 bits per heavy atom. The second-order valence-corrected chi connectivity index (χ2v) is 7.98. The highest BCUT2D eigenvalue weighted by atomic mass is 35.5. The lowest BCUT2D eigenvalue weighted by atomic mass is 9.86. The molecule has 6 nitrogen and oxygen atoms in total. The summed E-state index contributed by atoms with van der Waals surface area (Å²) in [5.41, 5.74) is 2.01. The van der Waals surface area contributed by atoms with Crippen molar-refractivity contribution in [3.05, 3.63) is 47.6 Å². The molecule has 7 heteroatoms. The summed E-state index contributed by atoms with van der Waals surface area (Å²) in [4.78, 5) is 19.1. The summed E-state index contributed by atoms with van der Waals surface area (Å²) in [6.07, 6.45) is 5.01. The highest BCUT2D eigenvalue weighted by Gasteiger charge is 2.27. The molecule has 1 aliphatic heterocycles. The van der Waals surface area contributed by atoms with Crippen LogP contribution in [-0.2, 0) is 9.53 Å². The van der Waals surface area contributed by atoms with Crippen LogP contribution in [-0.4, -0.2) is 43.3 Å². The molecule has 1 saturated carbocycles. The van der Waals surface area contributed by atoms with Gasteiger partial charge in [0.05, 0.1) is 13.2 Å². The van der Waals surface area contributed by atoms with Gasteiger partial charge in [-0.3, -0.25) is 4.79 Å². The Kier molecular flexibility index (Phi) is 6.52. The normalized spacial score (nSPS) is 22.2. The number of ether oxygens (including phenoxy) is 2. The number of carbonyl (C=O) groups is 1. The van der Waals surface area contributed by atoms with Crippen molar-refractivity contribution in [3.63, 3.8) is 0 Å². The number of morpholine rings is 1. The monoisotopic (exact) mass is 415 g/mol. The van der Waals surface area contributed by atoms with Gasteiger partial charge in [0.2, 0.25) is 11.8 Å². The minimum atomic E-state index is 0.0149. The molecule has 2 aromatic rings. The third-order valence-electron chi connectivity index (χ3n) is 5.54. The summed E-state index contributed by atoms with van der Waals surface area (Å²) in [5, 5.41) is 3.67. The lowest BCUT2D eigenvalue weighted by molar-refractivity contribution is -0.121. The number of halogens is 1. The number of hydrogen-bond acceptors (Lipinski definition) is 5. The number of nitrogens with zero attached hydrogens (tertiary/aromatic N) is 2. The van der Waals surface area contributed by atoms with E-state index in [0.717, 1.165) is 57.7 Å². The van der Waals surface area contributed by atoms with Crippen LogP contribution in [0.15, 0.2) is 42.6 Å². The topological polar surface area (TPSA) is 63.7 Å². The Balaban J connectivity index is 1.25. The highest BCUT2D eigenvalue weighted by Crippen LogP contribution is 2.29. The summed E-state index contributed by atoms with van der Waals surface area (Å²) in [7, 11) is 0. The van der Waals surface area contributed by atoms with E-state index in [2.05, 4.69) is 27.3 Å². The van der Waals surface area contributed by atoms with Crippen molar-refractivity contribution in [2.24, 2.45) is 5.92 Å². The van der Waals surface area contributed by atoms with Gasteiger partial charge in [0.25, 0.3) is 0 Å². The van der Waals surface area contributed by atoms with Gasteiger partial charge in [-0.15, -0.1) is 0 Å². The van der Waals surface area contributed by atoms with E-state index >= 15 is 0 Å². The summed E-state index contributed by atoms with van der Waals surface area (Å²) >= 11 is 5.98. The van der Waals surface area contributed by atoms with Gasteiger partial charge in [-0.1, -0.05) is 11.6 Å². The van der Waals surface area contributed by atoms with E-state index in [1.54, 1.807) is 18.3 Å². The Bertz CT molecular complexity index is 816. The highest BCUT2D eigenvalue weighted by molar-refractivity contribution is 6.30. The molecule has 0 atom stereocenters. The minimum absolute atomic E-state index is 0.0149. The summed E-state index contributed by atoms with van der Waals surface area (Å²) < 4.78 is 11.3. The van der Waals surface area contributed by atoms with Crippen LogP contribution in [0.2, 0.25) is 5.02 Å².